The average Bonchev–Trinajstić information content (AvgIpc) is 3.17. The normalized spacial score (nSPS) is 19.8. The molecule has 0 atom stereocenters. The van der Waals surface area contributed by atoms with Crippen molar-refractivity contribution in [2.45, 2.75) is 51.2 Å². The van der Waals surface area contributed by atoms with Crippen LogP contribution in [0.4, 0.5) is 0 Å². The first kappa shape index (κ1) is 20.0. The maximum atomic E-state index is 11.9. The van der Waals surface area contributed by atoms with Gasteiger partial charge in [-0.1, -0.05) is 30.3 Å². The van der Waals surface area contributed by atoms with E-state index in [1.54, 1.807) is 25.4 Å². The summed E-state index contributed by atoms with van der Waals surface area (Å²) in [6.45, 7) is 3.77. The molecule has 1 amide bonds. The van der Waals surface area contributed by atoms with Crippen molar-refractivity contribution in [3.63, 3.8) is 0 Å². The molecule has 6 heteroatoms. The second-order valence-electron chi connectivity index (χ2n) is 7.08. The van der Waals surface area contributed by atoms with Gasteiger partial charge in [0, 0.05) is 50.2 Å². The second kappa shape index (κ2) is 9.97. The molecule has 2 aromatic rings. The van der Waals surface area contributed by atoms with Gasteiger partial charge in [-0.3, -0.25) is 4.79 Å². The summed E-state index contributed by atoms with van der Waals surface area (Å²) in [5.74, 6) is 0.152. The molecule has 1 aliphatic carbocycles. The van der Waals surface area contributed by atoms with E-state index in [0.717, 1.165) is 42.9 Å². The molecule has 0 unspecified atom stereocenters. The van der Waals surface area contributed by atoms with Crippen molar-refractivity contribution in [3.8, 4) is 11.3 Å². The van der Waals surface area contributed by atoms with Crippen LogP contribution >= 0.6 is 11.3 Å². The van der Waals surface area contributed by atoms with Crippen LogP contribution < -0.4 is 5.32 Å². The van der Waals surface area contributed by atoms with Gasteiger partial charge in [0.05, 0.1) is 12.3 Å². The maximum Gasteiger partial charge on any atom is 0.219 e. The van der Waals surface area contributed by atoms with E-state index in [0.29, 0.717) is 25.2 Å². The van der Waals surface area contributed by atoms with Crippen LogP contribution in [0.1, 0.15) is 37.6 Å². The summed E-state index contributed by atoms with van der Waals surface area (Å²) < 4.78 is 5.14. The number of carbonyl (C=O) groups excluding carboxylic acids is 1. The van der Waals surface area contributed by atoms with E-state index in [1.165, 1.54) is 5.56 Å². The van der Waals surface area contributed by atoms with Crippen LogP contribution in [0.3, 0.4) is 0 Å². The maximum absolute atomic E-state index is 11.9. The van der Waals surface area contributed by atoms with Crippen LogP contribution in [-0.4, -0.2) is 48.1 Å². The predicted molar refractivity (Wildman–Crippen MR) is 110 cm³/mol. The Balaban J connectivity index is 1.46. The molecule has 5 nitrogen and oxygen atoms in total. The molecule has 0 spiro atoms. The fraction of sp³-hybridized carbons (Fsp3) is 0.524. The van der Waals surface area contributed by atoms with Gasteiger partial charge in [0.25, 0.3) is 0 Å². The number of hydrogen-bond donors (Lipinski definition) is 1. The van der Waals surface area contributed by atoms with Gasteiger partial charge >= 0.3 is 0 Å². The van der Waals surface area contributed by atoms with Crippen molar-refractivity contribution in [2.75, 3.05) is 20.3 Å². The molecule has 1 aromatic heterocycles. The number of nitrogens with zero attached hydrogens (tertiary/aromatic N) is 2. The third kappa shape index (κ3) is 5.61. The lowest BCUT2D eigenvalue weighted by atomic mass is 9.90. The quantitative estimate of drug-likeness (QED) is 0.750. The molecule has 0 radical (unpaired) electrons. The molecule has 0 saturated heterocycles. The molecule has 1 fully saturated rings. The van der Waals surface area contributed by atoms with Gasteiger partial charge in [0.1, 0.15) is 5.01 Å². The number of amides is 1. The van der Waals surface area contributed by atoms with E-state index in [9.17, 15) is 4.79 Å². The minimum Gasteiger partial charge on any atom is -0.383 e. The molecule has 1 aliphatic rings. The zero-order valence-electron chi connectivity index (χ0n) is 16.2. The SMILES string of the molecule is COCCN(C(C)=O)C1CCC(NCc2nc(-c3ccccc3)cs2)CC1. The monoisotopic (exact) mass is 387 g/mol. The van der Waals surface area contributed by atoms with Gasteiger partial charge in [0.2, 0.25) is 5.91 Å². The predicted octanol–water partition coefficient (Wildman–Crippen LogP) is 3.71. The molecule has 1 heterocycles. The highest BCUT2D eigenvalue weighted by atomic mass is 32.1. The fourth-order valence-corrected chi connectivity index (χ4v) is 4.50. The van der Waals surface area contributed by atoms with Crippen molar-refractivity contribution in [1.82, 2.24) is 15.2 Å². The van der Waals surface area contributed by atoms with Crippen LogP contribution in [0.25, 0.3) is 11.3 Å². The number of thiazole rings is 1. The van der Waals surface area contributed by atoms with E-state index < -0.39 is 0 Å². The Morgan fingerprint density at radius 3 is 2.67 bits per heavy atom. The third-order valence-corrected chi connectivity index (χ3v) is 6.09. The summed E-state index contributed by atoms with van der Waals surface area (Å²) >= 11 is 1.71. The fourth-order valence-electron chi connectivity index (χ4n) is 3.74. The summed E-state index contributed by atoms with van der Waals surface area (Å²) in [6.07, 6.45) is 4.29. The highest BCUT2D eigenvalue weighted by Crippen LogP contribution is 2.25. The van der Waals surface area contributed by atoms with Crippen LogP contribution in [0.5, 0.6) is 0 Å². The highest BCUT2D eigenvalue weighted by molar-refractivity contribution is 7.09. The van der Waals surface area contributed by atoms with Crippen molar-refractivity contribution in [1.29, 1.82) is 0 Å². The molecule has 3 rings (SSSR count). The Hall–Kier alpha value is -1.76. The lowest BCUT2D eigenvalue weighted by Crippen LogP contribution is -2.45. The molecule has 1 saturated carbocycles. The lowest BCUT2D eigenvalue weighted by molar-refractivity contribution is -0.132. The molecule has 27 heavy (non-hydrogen) atoms. The Labute approximate surface area is 165 Å². The van der Waals surface area contributed by atoms with Crippen molar-refractivity contribution in [3.05, 3.63) is 40.7 Å². The summed E-state index contributed by atoms with van der Waals surface area (Å²) in [5.41, 5.74) is 2.22. The number of nitrogens with one attached hydrogen (secondary N) is 1. The first-order valence-electron chi connectivity index (χ1n) is 9.66. The van der Waals surface area contributed by atoms with Crippen LogP contribution in [-0.2, 0) is 16.1 Å². The zero-order valence-corrected chi connectivity index (χ0v) is 17.0. The first-order chi connectivity index (χ1) is 13.2. The van der Waals surface area contributed by atoms with Crippen LogP contribution in [0.2, 0.25) is 0 Å². The first-order valence-corrected chi connectivity index (χ1v) is 10.5. The number of benzene rings is 1. The van der Waals surface area contributed by atoms with E-state index >= 15 is 0 Å². The number of methoxy groups -OCH3 is 1. The van der Waals surface area contributed by atoms with Gasteiger partial charge in [-0.15, -0.1) is 11.3 Å². The Bertz CT molecular complexity index is 711. The minimum atomic E-state index is 0.152. The van der Waals surface area contributed by atoms with Gasteiger partial charge in [-0.05, 0) is 25.7 Å². The van der Waals surface area contributed by atoms with Crippen molar-refractivity contribution < 1.29 is 9.53 Å². The minimum absolute atomic E-state index is 0.152. The van der Waals surface area contributed by atoms with Crippen LogP contribution in [0.15, 0.2) is 35.7 Å². The highest BCUT2D eigenvalue weighted by Gasteiger charge is 2.27. The molecular weight excluding hydrogens is 358 g/mol. The molecule has 1 N–H and O–H groups in total. The number of carbonyl (C=O) groups is 1. The summed E-state index contributed by atoms with van der Waals surface area (Å²) in [4.78, 5) is 18.6. The topological polar surface area (TPSA) is 54.5 Å². The van der Waals surface area contributed by atoms with E-state index in [1.807, 2.05) is 23.1 Å². The number of hydrogen-bond acceptors (Lipinski definition) is 5. The standard InChI is InChI=1S/C21H29N3O2S/c1-16(25)24(12-13-26-2)19-10-8-18(9-11-19)22-14-21-23-20(15-27-21)17-6-4-3-5-7-17/h3-7,15,18-19,22H,8-14H2,1-2H3. The Morgan fingerprint density at radius 2 is 2.00 bits per heavy atom. The smallest absolute Gasteiger partial charge is 0.219 e. The lowest BCUT2D eigenvalue weighted by Gasteiger charge is -2.36. The molecule has 1 aromatic carbocycles. The Morgan fingerprint density at radius 1 is 1.26 bits per heavy atom. The van der Waals surface area contributed by atoms with Crippen molar-refractivity contribution >= 4 is 17.2 Å². The largest absolute Gasteiger partial charge is 0.383 e. The van der Waals surface area contributed by atoms with Crippen molar-refractivity contribution in [2.24, 2.45) is 0 Å². The van der Waals surface area contributed by atoms with E-state index in [2.05, 4.69) is 22.8 Å². The van der Waals surface area contributed by atoms with Gasteiger partial charge in [-0.25, -0.2) is 4.98 Å². The average molecular weight is 388 g/mol. The Kier molecular flexibility index (Phi) is 7.38. The molecule has 0 bridgehead atoms. The number of rotatable bonds is 8. The summed E-state index contributed by atoms with van der Waals surface area (Å²) in [5, 5.41) is 6.91. The number of ether oxygens (including phenoxy) is 1. The molecular formula is C21H29N3O2S. The van der Waals surface area contributed by atoms with Gasteiger partial charge in [-0.2, -0.15) is 0 Å². The van der Waals surface area contributed by atoms with Crippen LogP contribution in [0, 0.1) is 0 Å². The van der Waals surface area contributed by atoms with Gasteiger partial charge < -0.3 is 15.0 Å². The summed E-state index contributed by atoms with van der Waals surface area (Å²) in [7, 11) is 1.68. The number of aromatic nitrogens is 1. The van der Waals surface area contributed by atoms with Gasteiger partial charge in [0.15, 0.2) is 0 Å². The zero-order chi connectivity index (χ0) is 19.1. The second-order valence-corrected chi connectivity index (χ2v) is 8.03. The molecule has 0 aliphatic heterocycles. The van der Waals surface area contributed by atoms with E-state index in [4.69, 9.17) is 9.72 Å². The molecule has 146 valence electrons. The summed E-state index contributed by atoms with van der Waals surface area (Å²) in [6, 6.07) is 11.2. The third-order valence-electron chi connectivity index (χ3n) is 5.24. The van der Waals surface area contributed by atoms with E-state index in [-0.39, 0.29) is 5.91 Å².